The van der Waals surface area contributed by atoms with Crippen molar-refractivity contribution in [3.8, 4) is 0 Å². The van der Waals surface area contributed by atoms with E-state index in [1.165, 1.54) is 16.8 Å². The molecule has 1 aliphatic rings. The Bertz CT molecular complexity index is 382. The van der Waals surface area contributed by atoms with Gasteiger partial charge < -0.3 is 15.4 Å². The fraction of sp³-hybridized carbons (Fsp3) is 0.571. The summed E-state index contributed by atoms with van der Waals surface area (Å²) in [5.41, 5.74) is 9.59. The first-order valence-electron chi connectivity index (χ1n) is 6.30. The van der Waals surface area contributed by atoms with Crippen LogP contribution < -0.4 is 10.6 Å². The van der Waals surface area contributed by atoms with Crippen molar-refractivity contribution in [3.05, 3.63) is 29.3 Å². The number of hydrogen-bond acceptors (Lipinski definition) is 3. The molecule has 2 atom stereocenters. The molecule has 1 heterocycles. The van der Waals surface area contributed by atoms with Gasteiger partial charge >= 0.3 is 0 Å². The van der Waals surface area contributed by atoms with E-state index in [4.69, 9.17) is 10.5 Å². The van der Waals surface area contributed by atoms with Crippen LogP contribution in [0, 0.1) is 6.92 Å². The third-order valence-electron chi connectivity index (χ3n) is 3.22. The summed E-state index contributed by atoms with van der Waals surface area (Å²) in [4.78, 5) is 2.40. The fourth-order valence-corrected chi connectivity index (χ4v) is 2.52. The number of anilines is 1. The van der Waals surface area contributed by atoms with Crippen molar-refractivity contribution in [3.63, 3.8) is 0 Å². The average molecular weight is 234 g/mol. The second-order valence-electron chi connectivity index (χ2n) is 5.00. The van der Waals surface area contributed by atoms with Gasteiger partial charge in [0.25, 0.3) is 0 Å². The summed E-state index contributed by atoms with van der Waals surface area (Å²) in [6.07, 6.45) is 0.565. The standard InChI is InChI=1S/C14H22N2O/c1-10-4-5-13(7-15)14(6-10)16-8-11(2)17-12(3)9-16/h4-6,11-12H,7-9,15H2,1-3H3. The highest BCUT2D eigenvalue weighted by Crippen LogP contribution is 2.25. The van der Waals surface area contributed by atoms with Gasteiger partial charge in [0.15, 0.2) is 0 Å². The highest BCUT2D eigenvalue weighted by Gasteiger charge is 2.23. The molecule has 0 aliphatic carbocycles. The zero-order valence-corrected chi connectivity index (χ0v) is 10.9. The van der Waals surface area contributed by atoms with Crippen LogP contribution >= 0.6 is 0 Å². The Balaban J connectivity index is 2.28. The van der Waals surface area contributed by atoms with E-state index in [-0.39, 0.29) is 12.2 Å². The van der Waals surface area contributed by atoms with Gasteiger partial charge in [-0.15, -0.1) is 0 Å². The third kappa shape index (κ3) is 2.79. The van der Waals surface area contributed by atoms with Crippen molar-refractivity contribution in [1.82, 2.24) is 0 Å². The Hall–Kier alpha value is -1.06. The summed E-state index contributed by atoms with van der Waals surface area (Å²) in [5.74, 6) is 0. The number of nitrogens with two attached hydrogens (primary N) is 1. The lowest BCUT2D eigenvalue weighted by molar-refractivity contribution is -0.00526. The molecule has 1 saturated heterocycles. The van der Waals surface area contributed by atoms with Crippen LogP contribution in [0.2, 0.25) is 0 Å². The summed E-state index contributed by atoms with van der Waals surface area (Å²) in [6, 6.07) is 6.49. The monoisotopic (exact) mass is 234 g/mol. The maximum absolute atomic E-state index is 5.82. The number of benzene rings is 1. The topological polar surface area (TPSA) is 38.5 Å². The molecule has 1 aliphatic heterocycles. The van der Waals surface area contributed by atoms with Crippen LogP contribution in [0.15, 0.2) is 18.2 Å². The van der Waals surface area contributed by atoms with Crippen LogP contribution in [0.4, 0.5) is 5.69 Å². The van der Waals surface area contributed by atoms with Gasteiger partial charge in [-0.2, -0.15) is 0 Å². The number of hydrogen-bond donors (Lipinski definition) is 1. The second-order valence-corrected chi connectivity index (χ2v) is 5.00. The number of ether oxygens (including phenoxy) is 1. The molecule has 94 valence electrons. The SMILES string of the molecule is Cc1ccc(CN)c(N2CC(C)OC(C)C2)c1. The normalized spacial score (nSPS) is 25.1. The lowest BCUT2D eigenvalue weighted by Gasteiger charge is -2.38. The molecule has 2 N–H and O–H groups in total. The molecule has 1 fully saturated rings. The third-order valence-corrected chi connectivity index (χ3v) is 3.22. The molecule has 2 rings (SSSR count). The zero-order chi connectivity index (χ0) is 12.4. The van der Waals surface area contributed by atoms with E-state index in [0.29, 0.717) is 6.54 Å². The summed E-state index contributed by atoms with van der Waals surface area (Å²) >= 11 is 0. The average Bonchev–Trinajstić information content (AvgIpc) is 2.27. The largest absolute Gasteiger partial charge is 0.372 e. The summed E-state index contributed by atoms with van der Waals surface area (Å²) in [6.45, 7) is 8.86. The van der Waals surface area contributed by atoms with Crippen LogP contribution in [-0.2, 0) is 11.3 Å². The lowest BCUT2D eigenvalue weighted by atomic mass is 10.1. The van der Waals surface area contributed by atoms with E-state index in [0.717, 1.165) is 13.1 Å². The van der Waals surface area contributed by atoms with E-state index in [9.17, 15) is 0 Å². The molecule has 0 spiro atoms. The van der Waals surface area contributed by atoms with Crippen molar-refractivity contribution in [1.29, 1.82) is 0 Å². The Labute approximate surface area is 104 Å². The Morgan fingerprint density at radius 2 is 1.94 bits per heavy atom. The fourth-order valence-electron chi connectivity index (χ4n) is 2.52. The van der Waals surface area contributed by atoms with Gasteiger partial charge in [0.2, 0.25) is 0 Å². The number of morpholine rings is 1. The minimum Gasteiger partial charge on any atom is -0.372 e. The van der Waals surface area contributed by atoms with Gasteiger partial charge in [0, 0.05) is 25.3 Å². The lowest BCUT2D eigenvalue weighted by Crippen LogP contribution is -2.46. The minimum absolute atomic E-state index is 0.282. The van der Waals surface area contributed by atoms with E-state index >= 15 is 0 Å². The molecule has 3 heteroatoms. The number of nitrogens with zero attached hydrogens (tertiary/aromatic N) is 1. The predicted octanol–water partition coefficient (Wildman–Crippen LogP) is 2.07. The molecule has 0 amide bonds. The zero-order valence-electron chi connectivity index (χ0n) is 10.9. The summed E-state index contributed by atoms with van der Waals surface area (Å²) in [7, 11) is 0. The van der Waals surface area contributed by atoms with Crippen molar-refractivity contribution in [2.24, 2.45) is 5.73 Å². The summed E-state index contributed by atoms with van der Waals surface area (Å²) < 4.78 is 5.77. The van der Waals surface area contributed by atoms with E-state index < -0.39 is 0 Å². The number of aryl methyl sites for hydroxylation is 1. The van der Waals surface area contributed by atoms with Gasteiger partial charge in [0.1, 0.15) is 0 Å². The van der Waals surface area contributed by atoms with Crippen LogP contribution in [0.1, 0.15) is 25.0 Å². The first kappa shape index (κ1) is 12.4. The van der Waals surface area contributed by atoms with Crippen molar-refractivity contribution < 1.29 is 4.74 Å². The molecule has 0 saturated carbocycles. The number of rotatable bonds is 2. The van der Waals surface area contributed by atoms with Crippen LogP contribution in [0.25, 0.3) is 0 Å². The van der Waals surface area contributed by atoms with Crippen LogP contribution in [0.5, 0.6) is 0 Å². The van der Waals surface area contributed by atoms with Gasteiger partial charge in [-0.1, -0.05) is 12.1 Å². The van der Waals surface area contributed by atoms with Crippen molar-refractivity contribution in [2.45, 2.75) is 39.5 Å². The highest BCUT2D eigenvalue weighted by atomic mass is 16.5. The molecular formula is C14H22N2O. The molecule has 1 aromatic carbocycles. The first-order valence-corrected chi connectivity index (χ1v) is 6.30. The Kier molecular flexibility index (Phi) is 3.69. The minimum atomic E-state index is 0.282. The van der Waals surface area contributed by atoms with Crippen LogP contribution in [-0.4, -0.2) is 25.3 Å². The molecular weight excluding hydrogens is 212 g/mol. The second kappa shape index (κ2) is 5.07. The van der Waals surface area contributed by atoms with Gasteiger partial charge in [0.05, 0.1) is 12.2 Å². The van der Waals surface area contributed by atoms with E-state index in [1.807, 2.05) is 0 Å². The van der Waals surface area contributed by atoms with Crippen molar-refractivity contribution in [2.75, 3.05) is 18.0 Å². The summed E-state index contributed by atoms with van der Waals surface area (Å²) in [5, 5.41) is 0. The molecule has 0 bridgehead atoms. The van der Waals surface area contributed by atoms with Gasteiger partial charge in [-0.25, -0.2) is 0 Å². The predicted molar refractivity (Wildman–Crippen MR) is 71.3 cm³/mol. The Morgan fingerprint density at radius 3 is 2.53 bits per heavy atom. The molecule has 3 nitrogen and oxygen atoms in total. The highest BCUT2D eigenvalue weighted by molar-refractivity contribution is 5.56. The van der Waals surface area contributed by atoms with E-state index in [1.54, 1.807) is 0 Å². The van der Waals surface area contributed by atoms with Crippen LogP contribution in [0.3, 0.4) is 0 Å². The Morgan fingerprint density at radius 1 is 1.29 bits per heavy atom. The van der Waals surface area contributed by atoms with Gasteiger partial charge in [-0.05, 0) is 38.0 Å². The first-order chi connectivity index (χ1) is 8.10. The molecule has 17 heavy (non-hydrogen) atoms. The maximum atomic E-state index is 5.82. The smallest absolute Gasteiger partial charge is 0.0726 e. The van der Waals surface area contributed by atoms with Crippen molar-refractivity contribution >= 4 is 5.69 Å². The molecule has 1 aromatic rings. The molecule has 0 radical (unpaired) electrons. The quantitative estimate of drug-likeness (QED) is 0.851. The molecule has 2 unspecified atom stereocenters. The maximum Gasteiger partial charge on any atom is 0.0726 e. The molecule has 0 aromatic heterocycles. The van der Waals surface area contributed by atoms with Gasteiger partial charge in [-0.3, -0.25) is 0 Å². The van der Waals surface area contributed by atoms with E-state index in [2.05, 4.69) is 43.9 Å².